The lowest BCUT2D eigenvalue weighted by Crippen LogP contribution is -2.10. The standard InChI is InChI=1S/C56H47N3/c1-40-23-25-43(26-24-40)54-39-55(44-27-33-45(34-28-44)56(2,3)4)59(57-54)49-37-31-42(32-38-49)51-20-12-14-22-53(51)52-21-13-11-19-50(52)41-29-35-48(36-30-41)58(46-15-7-5-8-16-46)47-17-9-6-10-18-47/h5-39H,1-4H3. The molecule has 0 bridgehead atoms. The van der Waals surface area contributed by atoms with Gasteiger partial charge in [-0.05, 0) is 106 Å². The van der Waals surface area contributed by atoms with E-state index in [9.17, 15) is 0 Å². The molecule has 0 radical (unpaired) electrons. The number of hydrogen-bond donors (Lipinski definition) is 0. The van der Waals surface area contributed by atoms with Gasteiger partial charge in [0.1, 0.15) is 0 Å². The van der Waals surface area contributed by atoms with Crippen LogP contribution >= 0.6 is 0 Å². The van der Waals surface area contributed by atoms with Crippen LogP contribution in [0.1, 0.15) is 31.9 Å². The second kappa shape index (κ2) is 16.0. The van der Waals surface area contributed by atoms with E-state index in [4.69, 9.17) is 5.10 Å². The third-order valence-corrected chi connectivity index (χ3v) is 11.1. The van der Waals surface area contributed by atoms with Gasteiger partial charge >= 0.3 is 0 Å². The van der Waals surface area contributed by atoms with E-state index in [0.29, 0.717) is 0 Å². The Balaban J connectivity index is 1.06. The van der Waals surface area contributed by atoms with Gasteiger partial charge in [-0.15, -0.1) is 0 Å². The highest BCUT2D eigenvalue weighted by molar-refractivity contribution is 5.92. The van der Waals surface area contributed by atoms with E-state index in [1.807, 2.05) is 0 Å². The van der Waals surface area contributed by atoms with Crippen molar-refractivity contribution in [3.63, 3.8) is 0 Å². The molecule has 0 aliphatic heterocycles. The van der Waals surface area contributed by atoms with Crippen LogP contribution in [0.4, 0.5) is 17.1 Å². The van der Waals surface area contributed by atoms with E-state index in [0.717, 1.165) is 50.8 Å². The van der Waals surface area contributed by atoms with Gasteiger partial charge in [0.25, 0.3) is 0 Å². The molecular formula is C56H47N3. The average molecular weight is 762 g/mol. The summed E-state index contributed by atoms with van der Waals surface area (Å²) in [5.74, 6) is 0. The van der Waals surface area contributed by atoms with Crippen molar-refractivity contribution in [2.24, 2.45) is 0 Å². The zero-order chi connectivity index (χ0) is 40.3. The first-order chi connectivity index (χ1) is 28.8. The predicted octanol–water partition coefficient (Wildman–Crippen LogP) is 15.3. The number of rotatable bonds is 9. The van der Waals surface area contributed by atoms with Crippen molar-refractivity contribution in [3.8, 4) is 61.6 Å². The van der Waals surface area contributed by atoms with Crippen LogP contribution in [0.5, 0.6) is 0 Å². The summed E-state index contributed by atoms with van der Waals surface area (Å²) in [4.78, 5) is 2.30. The molecule has 9 aromatic rings. The molecule has 1 heterocycles. The summed E-state index contributed by atoms with van der Waals surface area (Å²) in [6.45, 7) is 8.88. The van der Waals surface area contributed by atoms with Crippen molar-refractivity contribution < 1.29 is 0 Å². The van der Waals surface area contributed by atoms with Crippen LogP contribution in [0.3, 0.4) is 0 Å². The summed E-state index contributed by atoms with van der Waals surface area (Å²) < 4.78 is 2.09. The van der Waals surface area contributed by atoms with Crippen molar-refractivity contribution in [3.05, 3.63) is 223 Å². The van der Waals surface area contributed by atoms with Gasteiger partial charge in [-0.2, -0.15) is 5.10 Å². The van der Waals surface area contributed by atoms with Crippen molar-refractivity contribution in [2.45, 2.75) is 33.1 Å². The Labute approximate surface area is 348 Å². The highest BCUT2D eigenvalue weighted by atomic mass is 15.3. The zero-order valence-electron chi connectivity index (χ0n) is 34.0. The van der Waals surface area contributed by atoms with Crippen LogP contribution in [0.2, 0.25) is 0 Å². The van der Waals surface area contributed by atoms with Crippen LogP contribution < -0.4 is 4.90 Å². The highest BCUT2D eigenvalue weighted by Gasteiger charge is 2.18. The topological polar surface area (TPSA) is 21.1 Å². The summed E-state index contributed by atoms with van der Waals surface area (Å²) in [6.07, 6.45) is 0. The molecule has 3 heteroatoms. The minimum Gasteiger partial charge on any atom is -0.311 e. The molecule has 8 aromatic carbocycles. The molecule has 0 saturated heterocycles. The summed E-state index contributed by atoms with van der Waals surface area (Å²) >= 11 is 0. The normalized spacial score (nSPS) is 11.4. The number of hydrogen-bond acceptors (Lipinski definition) is 2. The molecule has 286 valence electrons. The number of para-hydroxylation sites is 2. The average Bonchev–Trinajstić information content (AvgIpc) is 3.73. The molecule has 0 aliphatic rings. The summed E-state index contributed by atoms with van der Waals surface area (Å²) in [5.41, 5.74) is 18.3. The second-order valence-electron chi connectivity index (χ2n) is 16.2. The molecule has 0 N–H and O–H groups in total. The van der Waals surface area contributed by atoms with E-state index < -0.39 is 0 Å². The molecule has 1 aromatic heterocycles. The van der Waals surface area contributed by atoms with Gasteiger partial charge in [-0.25, -0.2) is 4.68 Å². The fourth-order valence-electron chi connectivity index (χ4n) is 7.90. The SMILES string of the molecule is Cc1ccc(-c2cc(-c3ccc(C(C)(C)C)cc3)n(-c3ccc(-c4ccccc4-c4ccccc4-c4ccc(N(c5ccccc5)c5ccccc5)cc4)cc3)n2)cc1. The third-order valence-electron chi connectivity index (χ3n) is 11.1. The lowest BCUT2D eigenvalue weighted by Gasteiger charge is -2.25. The van der Waals surface area contributed by atoms with Gasteiger partial charge in [-0.3, -0.25) is 0 Å². The number of nitrogens with zero attached hydrogens (tertiary/aromatic N) is 3. The van der Waals surface area contributed by atoms with E-state index in [2.05, 4.69) is 250 Å². The van der Waals surface area contributed by atoms with Gasteiger partial charge in [0.2, 0.25) is 0 Å². The molecule has 0 spiro atoms. The molecule has 59 heavy (non-hydrogen) atoms. The van der Waals surface area contributed by atoms with Crippen LogP contribution in [0.15, 0.2) is 212 Å². The predicted molar refractivity (Wildman–Crippen MR) is 249 cm³/mol. The zero-order valence-corrected chi connectivity index (χ0v) is 34.0. The first-order valence-corrected chi connectivity index (χ1v) is 20.4. The Morgan fingerprint density at radius 1 is 0.407 bits per heavy atom. The first-order valence-electron chi connectivity index (χ1n) is 20.4. The number of aromatic nitrogens is 2. The van der Waals surface area contributed by atoms with Crippen molar-refractivity contribution in [2.75, 3.05) is 4.90 Å². The maximum Gasteiger partial charge on any atom is 0.0934 e. The van der Waals surface area contributed by atoms with Gasteiger partial charge in [0, 0.05) is 28.2 Å². The molecule has 0 amide bonds. The van der Waals surface area contributed by atoms with Crippen LogP contribution in [0, 0.1) is 6.92 Å². The largest absolute Gasteiger partial charge is 0.311 e. The van der Waals surface area contributed by atoms with Crippen LogP contribution in [0.25, 0.3) is 61.6 Å². The van der Waals surface area contributed by atoms with Gasteiger partial charge < -0.3 is 4.90 Å². The van der Waals surface area contributed by atoms with Gasteiger partial charge in [0.05, 0.1) is 17.1 Å². The van der Waals surface area contributed by atoms with Crippen molar-refractivity contribution in [1.82, 2.24) is 9.78 Å². The molecule has 0 saturated carbocycles. The smallest absolute Gasteiger partial charge is 0.0934 e. The number of anilines is 3. The second-order valence-corrected chi connectivity index (χ2v) is 16.2. The Morgan fingerprint density at radius 2 is 0.831 bits per heavy atom. The Bertz CT molecular complexity index is 2770. The Hall–Kier alpha value is -7.23. The van der Waals surface area contributed by atoms with Crippen LogP contribution in [-0.4, -0.2) is 9.78 Å². The summed E-state index contributed by atoms with van der Waals surface area (Å²) in [6, 6.07) is 76.1. The quantitative estimate of drug-likeness (QED) is 0.146. The maximum absolute atomic E-state index is 5.21. The Morgan fingerprint density at radius 3 is 1.34 bits per heavy atom. The molecule has 9 rings (SSSR count). The van der Waals surface area contributed by atoms with Gasteiger partial charge in [-0.1, -0.05) is 184 Å². The third kappa shape index (κ3) is 7.76. The summed E-state index contributed by atoms with van der Waals surface area (Å²) in [5, 5.41) is 5.21. The van der Waals surface area contributed by atoms with E-state index in [1.165, 1.54) is 38.9 Å². The van der Waals surface area contributed by atoms with E-state index >= 15 is 0 Å². The molecule has 0 aliphatic carbocycles. The molecule has 0 atom stereocenters. The fourth-order valence-corrected chi connectivity index (χ4v) is 7.90. The lowest BCUT2D eigenvalue weighted by molar-refractivity contribution is 0.590. The lowest BCUT2D eigenvalue weighted by atomic mass is 9.86. The minimum absolute atomic E-state index is 0.0795. The van der Waals surface area contributed by atoms with Crippen molar-refractivity contribution in [1.29, 1.82) is 0 Å². The maximum atomic E-state index is 5.21. The Kier molecular flexibility index (Phi) is 10.1. The molecule has 0 unspecified atom stereocenters. The van der Waals surface area contributed by atoms with E-state index in [1.54, 1.807) is 0 Å². The van der Waals surface area contributed by atoms with E-state index in [-0.39, 0.29) is 5.41 Å². The number of aryl methyl sites for hydroxylation is 1. The number of benzene rings is 8. The first kappa shape index (κ1) is 37.4. The van der Waals surface area contributed by atoms with Crippen molar-refractivity contribution >= 4 is 17.1 Å². The highest BCUT2D eigenvalue weighted by Crippen LogP contribution is 2.41. The fraction of sp³-hybridized carbons (Fsp3) is 0.0893. The van der Waals surface area contributed by atoms with Gasteiger partial charge in [0.15, 0.2) is 0 Å². The monoisotopic (exact) mass is 761 g/mol. The summed E-state index contributed by atoms with van der Waals surface area (Å²) in [7, 11) is 0. The van der Waals surface area contributed by atoms with Crippen LogP contribution in [-0.2, 0) is 5.41 Å². The minimum atomic E-state index is 0.0795. The molecule has 3 nitrogen and oxygen atoms in total. The molecular weight excluding hydrogens is 715 g/mol. The molecule has 0 fully saturated rings.